The van der Waals surface area contributed by atoms with Gasteiger partial charge in [0.1, 0.15) is 5.82 Å². The van der Waals surface area contributed by atoms with Gasteiger partial charge in [-0.2, -0.15) is 0 Å². The van der Waals surface area contributed by atoms with Gasteiger partial charge >= 0.3 is 0 Å². The third-order valence-electron chi connectivity index (χ3n) is 2.64. The third kappa shape index (κ3) is 2.12. The lowest BCUT2D eigenvalue weighted by atomic mass is 10.1. The van der Waals surface area contributed by atoms with Gasteiger partial charge in [-0.1, -0.05) is 13.8 Å². The molecule has 0 unspecified atom stereocenters. The van der Waals surface area contributed by atoms with Crippen molar-refractivity contribution in [2.75, 3.05) is 0 Å². The number of hydrogen-bond donors (Lipinski definition) is 1. The lowest BCUT2D eigenvalue weighted by molar-refractivity contribution is 0.503. The van der Waals surface area contributed by atoms with Crippen LogP contribution in [0.15, 0.2) is 16.9 Å². The van der Waals surface area contributed by atoms with Gasteiger partial charge in [0, 0.05) is 17.8 Å². The van der Waals surface area contributed by atoms with E-state index in [1.165, 1.54) is 6.07 Å². The molecule has 96 valence electrons. The Bertz CT molecular complexity index is 661. The Morgan fingerprint density at radius 2 is 1.83 bits per heavy atom. The number of hydrogen-bond acceptors (Lipinski definition) is 1. The molecule has 2 aromatic rings. The fourth-order valence-corrected chi connectivity index (χ4v) is 1.93. The summed E-state index contributed by atoms with van der Waals surface area (Å²) in [5.41, 5.74) is -0.585. The minimum absolute atomic E-state index is 0.236. The summed E-state index contributed by atoms with van der Waals surface area (Å²) < 4.78 is 40.1. The second-order valence-corrected chi connectivity index (χ2v) is 4.66. The monoisotopic (exact) mass is 255 g/mol. The summed E-state index contributed by atoms with van der Waals surface area (Å²) in [7, 11) is 0. The first-order valence-corrected chi connectivity index (χ1v) is 5.59. The SMILES string of the molecule is CC(C)Cc1cc(=O)c2c(F)cc(F)c(F)c2[nH]1. The van der Waals surface area contributed by atoms with Gasteiger partial charge in [-0.05, 0) is 12.3 Å². The van der Waals surface area contributed by atoms with E-state index < -0.39 is 33.8 Å². The van der Waals surface area contributed by atoms with Crippen molar-refractivity contribution in [1.82, 2.24) is 4.98 Å². The van der Waals surface area contributed by atoms with Crippen LogP contribution in [0.4, 0.5) is 13.2 Å². The standard InChI is InChI=1S/C13H12F3NO/c1-6(2)3-7-4-10(18)11-8(14)5-9(15)12(16)13(11)17-7/h4-6H,3H2,1-2H3,(H,17,18). The molecule has 1 aromatic heterocycles. The van der Waals surface area contributed by atoms with Crippen molar-refractivity contribution in [3.8, 4) is 0 Å². The topological polar surface area (TPSA) is 32.9 Å². The predicted molar refractivity (Wildman–Crippen MR) is 63.0 cm³/mol. The van der Waals surface area contributed by atoms with Gasteiger partial charge in [0.25, 0.3) is 0 Å². The van der Waals surface area contributed by atoms with E-state index in [1.54, 1.807) is 0 Å². The summed E-state index contributed by atoms with van der Waals surface area (Å²) in [6.07, 6.45) is 0.503. The summed E-state index contributed by atoms with van der Waals surface area (Å²) in [6, 6.07) is 1.61. The van der Waals surface area contributed by atoms with E-state index in [9.17, 15) is 18.0 Å². The molecule has 1 N–H and O–H groups in total. The summed E-state index contributed by atoms with van der Waals surface area (Å²) in [6.45, 7) is 3.84. The Labute approximate surface area is 101 Å². The number of nitrogens with one attached hydrogen (secondary N) is 1. The first-order valence-electron chi connectivity index (χ1n) is 5.59. The van der Waals surface area contributed by atoms with Gasteiger partial charge in [-0.15, -0.1) is 0 Å². The van der Waals surface area contributed by atoms with Crippen molar-refractivity contribution in [2.45, 2.75) is 20.3 Å². The smallest absolute Gasteiger partial charge is 0.192 e. The van der Waals surface area contributed by atoms with Crippen molar-refractivity contribution >= 4 is 10.9 Å². The molecule has 0 saturated heterocycles. The Morgan fingerprint density at radius 1 is 1.17 bits per heavy atom. The highest BCUT2D eigenvalue weighted by Crippen LogP contribution is 2.20. The lowest BCUT2D eigenvalue weighted by Crippen LogP contribution is -2.10. The highest BCUT2D eigenvalue weighted by molar-refractivity contribution is 5.79. The van der Waals surface area contributed by atoms with Crippen LogP contribution in [-0.4, -0.2) is 4.98 Å². The van der Waals surface area contributed by atoms with Gasteiger partial charge in [0.15, 0.2) is 17.1 Å². The lowest BCUT2D eigenvalue weighted by Gasteiger charge is -2.08. The van der Waals surface area contributed by atoms with Crippen LogP contribution in [0.3, 0.4) is 0 Å². The first kappa shape index (κ1) is 12.7. The molecule has 0 saturated carbocycles. The molecule has 0 fully saturated rings. The van der Waals surface area contributed by atoms with Crippen LogP contribution in [0.1, 0.15) is 19.5 Å². The largest absolute Gasteiger partial charge is 0.356 e. The Hall–Kier alpha value is -1.78. The second kappa shape index (κ2) is 4.48. The zero-order valence-corrected chi connectivity index (χ0v) is 9.98. The highest BCUT2D eigenvalue weighted by atomic mass is 19.2. The molecule has 5 heteroatoms. The fourth-order valence-electron chi connectivity index (χ4n) is 1.93. The van der Waals surface area contributed by atoms with Gasteiger partial charge in [-0.25, -0.2) is 13.2 Å². The molecule has 1 aromatic carbocycles. The molecule has 18 heavy (non-hydrogen) atoms. The van der Waals surface area contributed by atoms with E-state index in [0.717, 1.165) is 0 Å². The molecule has 2 nitrogen and oxygen atoms in total. The van der Waals surface area contributed by atoms with E-state index in [1.807, 2.05) is 13.8 Å². The molecule has 0 aliphatic carbocycles. The van der Waals surface area contributed by atoms with E-state index in [0.29, 0.717) is 18.2 Å². The number of rotatable bonds is 2. The minimum atomic E-state index is -1.31. The maximum atomic E-state index is 13.6. The Balaban J connectivity index is 2.79. The maximum Gasteiger partial charge on any atom is 0.192 e. The van der Waals surface area contributed by atoms with Crippen LogP contribution in [0.25, 0.3) is 10.9 Å². The minimum Gasteiger partial charge on any atom is -0.356 e. The number of pyridine rings is 1. The molecule has 0 spiro atoms. The van der Waals surface area contributed by atoms with Crippen molar-refractivity contribution in [3.05, 3.63) is 45.5 Å². The molecule has 0 aliphatic rings. The quantitative estimate of drug-likeness (QED) is 0.821. The number of halogens is 3. The summed E-state index contributed by atoms with van der Waals surface area (Å²) in [5.74, 6) is -3.35. The third-order valence-corrected chi connectivity index (χ3v) is 2.64. The van der Waals surface area contributed by atoms with Crippen molar-refractivity contribution in [2.24, 2.45) is 5.92 Å². The van der Waals surface area contributed by atoms with Crippen LogP contribution in [0, 0.1) is 23.4 Å². The number of aromatic nitrogens is 1. The molecule has 1 heterocycles. The van der Waals surface area contributed by atoms with Crippen LogP contribution in [0.5, 0.6) is 0 Å². The van der Waals surface area contributed by atoms with Gasteiger partial charge in [-0.3, -0.25) is 4.79 Å². The number of aromatic amines is 1. The molecule has 0 radical (unpaired) electrons. The second-order valence-electron chi connectivity index (χ2n) is 4.66. The molecular weight excluding hydrogens is 243 g/mol. The molecule has 0 amide bonds. The van der Waals surface area contributed by atoms with Crippen LogP contribution in [-0.2, 0) is 6.42 Å². The molecular formula is C13H12F3NO. The van der Waals surface area contributed by atoms with Crippen molar-refractivity contribution in [1.29, 1.82) is 0 Å². The molecule has 0 bridgehead atoms. The highest BCUT2D eigenvalue weighted by Gasteiger charge is 2.16. The zero-order valence-electron chi connectivity index (χ0n) is 9.98. The molecule has 2 rings (SSSR count). The molecule has 0 aliphatic heterocycles. The van der Waals surface area contributed by atoms with Crippen LogP contribution < -0.4 is 5.43 Å². The fraction of sp³-hybridized carbons (Fsp3) is 0.308. The van der Waals surface area contributed by atoms with Crippen molar-refractivity contribution in [3.63, 3.8) is 0 Å². The van der Waals surface area contributed by atoms with Gasteiger partial charge in [0.2, 0.25) is 0 Å². The summed E-state index contributed by atoms with van der Waals surface area (Å²) in [4.78, 5) is 14.3. The number of H-pyrrole nitrogens is 1. The molecule has 0 atom stereocenters. The van der Waals surface area contributed by atoms with E-state index in [-0.39, 0.29) is 5.92 Å². The van der Waals surface area contributed by atoms with Crippen LogP contribution in [0.2, 0.25) is 0 Å². The van der Waals surface area contributed by atoms with Gasteiger partial charge in [0.05, 0.1) is 10.9 Å². The number of fused-ring (bicyclic) bond motifs is 1. The summed E-state index contributed by atoms with van der Waals surface area (Å²) >= 11 is 0. The Morgan fingerprint density at radius 3 is 2.44 bits per heavy atom. The summed E-state index contributed by atoms with van der Waals surface area (Å²) in [5, 5.41) is -0.443. The first-order chi connectivity index (χ1) is 8.40. The average molecular weight is 255 g/mol. The van der Waals surface area contributed by atoms with E-state index in [4.69, 9.17) is 0 Å². The predicted octanol–water partition coefficient (Wildman–Crippen LogP) is 3.14. The van der Waals surface area contributed by atoms with Crippen molar-refractivity contribution < 1.29 is 13.2 Å². The normalized spacial score (nSPS) is 11.4. The van der Waals surface area contributed by atoms with E-state index in [2.05, 4.69) is 4.98 Å². The van der Waals surface area contributed by atoms with Crippen LogP contribution >= 0.6 is 0 Å². The van der Waals surface area contributed by atoms with Gasteiger partial charge < -0.3 is 4.98 Å². The number of benzene rings is 1. The average Bonchev–Trinajstić information content (AvgIpc) is 2.24. The Kier molecular flexibility index (Phi) is 3.15. The maximum absolute atomic E-state index is 13.6. The zero-order chi connectivity index (χ0) is 13.4. The van der Waals surface area contributed by atoms with E-state index >= 15 is 0 Å².